The van der Waals surface area contributed by atoms with Crippen molar-refractivity contribution < 1.29 is 14.0 Å². The van der Waals surface area contributed by atoms with Crippen LogP contribution in [0.25, 0.3) is 0 Å². The van der Waals surface area contributed by atoms with Gasteiger partial charge in [-0.1, -0.05) is 41.9 Å². The molecule has 2 aromatic rings. The normalized spacial score (nSPS) is 11.9. The number of hydrogen-bond donors (Lipinski definition) is 1. The fourth-order valence-corrected chi connectivity index (χ4v) is 2.94. The number of nitrogens with zero attached hydrogens (tertiary/aromatic N) is 1. The van der Waals surface area contributed by atoms with Gasteiger partial charge in [-0.15, -0.1) is 0 Å². The fraction of sp³-hybridized carbons (Fsp3) is 0.333. The quantitative estimate of drug-likeness (QED) is 0.777. The van der Waals surface area contributed by atoms with E-state index in [2.05, 4.69) is 5.32 Å². The average molecular weight is 391 g/mol. The first kappa shape index (κ1) is 20.9. The predicted molar refractivity (Wildman–Crippen MR) is 105 cm³/mol. The Morgan fingerprint density at radius 3 is 2.44 bits per heavy atom. The summed E-state index contributed by atoms with van der Waals surface area (Å²) in [6.07, 6.45) is -0.119. The van der Waals surface area contributed by atoms with Gasteiger partial charge in [0.05, 0.1) is 6.42 Å². The van der Waals surface area contributed by atoms with Gasteiger partial charge in [0.25, 0.3) is 0 Å². The summed E-state index contributed by atoms with van der Waals surface area (Å²) in [5.41, 5.74) is 1.10. The second-order valence-corrected chi connectivity index (χ2v) is 7.20. The predicted octanol–water partition coefficient (Wildman–Crippen LogP) is 3.96. The van der Waals surface area contributed by atoms with E-state index in [4.69, 9.17) is 11.6 Å². The topological polar surface area (TPSA) is 49.4 Å². The number of carbonyl (C=O) groups excluding carboxylic acids is 2. The summed E-state index contributed by atoms with van der Waals surface area (Å²) in [5.74, 6) is -1.02. The van der Waals surface area contributed by atoms with Crippen molar-refractivity contribution in [1.29, 1.82) is 0 Å². The molecule has 27 heavy (non-hydrogen) atoms. The van der Waals surface area contributed by atoms with Gasteiger partial charge in [0, 0.05) is 17.6 Å². The molecule has 0 radical (unpaired) electrons. The Kier molecular flexibility index (Phi) is 7.36. The van der Waals surface area contributed by atoms with Crippen LogP contribution < -0.4 is 5.32 Å². The van der Waals surface area contributed by atoms with Crippen LogP contribution in [-0.4, -0.2) is 28.8 Å². The van der Waals surface area contributed by atoms with E-state index in [0.717, 1.165) is 5.56 Å². The van der Waals surface area contributed by atoms with Gasteiger partial charge in [0.15, 0.2) is 0 Å². The second-order valence-electron chi connectivity index (χ2n) is 6.76. The Morgan fingerprint density at radius 1 is 1.11 bits per heavy atom. The van der Waals surface area contributed by atoms with E-state index in [1.54, 1.807) is 43.3 Å². The molecule has 1 N–H and O–H groups in total. The second kappa shape index (κ2) is 9.51. The highest BCUT2D eigenvalue weighted by Gasteiger charge is 2.27. The van der Waals surface area contributed by atoms with Crippen molar-refractivity contribution in [2.24, 2.45) is 0 Å². The third kappa shape index (κ3) is 6.07. The number of nitrogens with one attached hydrogen (secondary N) is 1. The van der Waals surface area contributed by atoms with Gasteiger partial charge in [0.2, 0.25) is 11.8 Å². The molecule has 2 aromatic carbocycles. The SMILES string of the molecule is CC(C)NC(=O)C(C)N(Cc1cccc(Cl)c1)C(=O)Cc1ccccc1F. The molecule has 1 atom stereocenters. The maximum absolute atomic E-state index is 14.0. The Labute approximate surface area is 164 Å². The molecule has 0 heterocycles. The summed E-state index contributed by atoms with van der Waals surface area (Å²) >= 11 is 6.04. The Balaban J connectivity index is 2.26. The maximum atomic E-state index is 14.0. The highest BCUT2D eigenvalue weighted by Crippen LogP contribution is 2.17. The Bertz CT molecular complexity index is 810. The molecule has 0 bridgehead atoms. The van der Waals surface area contributed by atoms with E-state index in [1.165, 1.54) is 11.0 Å². The lowest BCUT2D eigenvalue weighted by Crippen LogP contribution is -2.49. The highest BCUT2D eigenvalue weighted by molar-refractivity contribution is 6.30. The number of carbonyl (C=O) groups is 2. The van der Waals surface area contributed by atoms with Crippen LogP contribution in [0.15, 0.2) is 48.5 Å². The summed E-state index contributed by atoms with van der Waals surface area (Å²) in [5, 5.41) is 3.37. The molecule has 0 saturated heterocycles. The largest absolute Gasteiger partial charge is 0.352 e. The first-order chi connectivity index (χ1) is 12.8. The summed E-state index contributed by atoms with van der Waals surface area (Å²) in [6, 6.07) is 12.5. The lowest BCUT2D eigenvalue weighted by molar-refractivity contribution is -0.140. The number of halogens is 2. The van der Waals surface area contributed by atoms with Gasteiger partial charge >= 0.3 is 0 Å². The highest BCUT2D eigenvalue weighted by atomic mass is 35.5. The number of benzene rings is 2. The van der Waals surface area contributed by atoms with Gasteiger partial charge in [-0.05, 0) is 50.1 Å². The molecule has 6 heteroatoms. The van der Waals surface area contributed by atoms with Crippen LogP contribution in [0.3, 0.4) is 0 Å². The van der Waals surface area contributed by atoms with E-state index in [1.807, 2.05) is 19.9 Å². The van der Waals surface area contributed by atoms with Crippen molar-refractivity contribution in [2.45, 2.75) is 45.8 Å². The molecule has 0 spiro atoms. The smallest absolute Gasteiger partial charge is 0.242 e. The van der Waals surface area contributed by atoms with Crippen LogP contribution in [0.4, 0.5) is 4.39 Å². The van der Waals surface area contributed by atoms with Crippen LogP contribution >= 0.6 is 11.6 Å². The van der Waals surface area contributed by atoms with Crippen LogP contribution in [0.2, 0.25) is 5.02 Å². The molecule has 144 valence electrons. The van der Waals surface area contributed by atoms with Crippen molar-refractivity contribution in [3.8, 4) is 0 Å². The third-order valence-electron chi connectivity index (χ3n) is 4.14. The van der Waals surface area contributed by atoms with Crippen molar-refractivity contribution in [1.82, 2.24) is 10.2 Å². The average Bonchev–Trinajstić information content (AvgIpc) is 2.60. The van der Waals surface area contributed by atoms with Gasteiger partial charge in [-0.25, -0.2) is 4.39 Å². The molecule has 2 rings (SSSR count). The summed E-state index contributed by atoms with van der Waals surface area (Å²) in [6.45, 7) is 5.59. The molecule has 0 saturated carbocycles. The van der Waals surface area contributed by atoms with Crippen molar-refractivity contribution in [3.63, 3.8) is 0 Å². The van der Waals surface area contributed by atoms with E-state index < -0.39 is 11.9 Å². The number of hydrogen-bond acceptors (Lipinski definition) is 2. The van der Waals surface area contributed by atoms with E-state index in [9.17, 15) is 14.0 Å². The minimum absolute atomic E-state index is 0.0466. The zero-order valence-electron chi connectivity index (χ0n) is 15.7. The van der Waals surface area contributed by atoms with Crippen LogP contribution in [0, 0.1) is 5.82 Å². The molecule has 4 nitrogen and oxygen atoms in total. The maximum Gasteiger partial charge on any atom is 0.242 e. The molecule has 0 fully saturated rings. The molecule has 2 amide bonds. The van der Waals surface area contributed by atoms with Crippen LogP contribution in [-0.2, 0) is 22.6 Å². The number of rotatable bonds is 7. The zero-order chi connectivity index (χ0) is 20.0. The van der Waals surface area contributed by atoms with Gasteiger partial charge in [-0.2, -0.15) is 0 Å². The van der Waals surface area contributed by atoms with Gasteiger partial charge in [0.1, 0.15) is 11.9 Å². The van der Waals surface area contributed by atoms with Gasteiger partial charge < -0.3 is 10.2 Å². The number of amides is 2. The summed E-state index contributed by atoms with van der Waals surface area (Å²) in [4.78, 5) is 26.9. The molecule has 0 aromatic heterocycles. The molecule has 0 aliphatic carbocycles. The van der Waals surface area contributed by atoms with Crippen molar-refractivity contribution in [2.75, 3.05) is 0 Å². The van der Waals surface area contributed by atoms with E-state index in [-0.39, 0.29) is 30.8 Å². The van der Waals surface area contributed by atoms with Crippen molar-refractivity contribution in [3.05, 3.63) is 70.5 Å². The first-order valence-corrected chi connectivity index (χ1v) is 9.23. The van der Waals surface area contributed by atoms with Crippen LogP contribution in [0.1, 0.15) is 31.9 Å². The fourth-order valence-electron chi connectivity index (χ4n) is 2.73. The first-order valence-electron chi connectivity index (χ1n) is 8.85. The third-order valence-corrected chi connectivity index (χ3v) is 4.37. The minimum atomic E-state index is -0.703. The zero-order valence-corrected chi connectivity index (χ0v) is 16.5. The lowest BCUT2D eigenvalue weighted by atomic mass is 10.1. The monoisotopic (exact) mass is 390 g/mol. The van der Waals surface area contributed by atoms with Crippen molar-refractivity contribution >= 4 is 23.4 Å². The lowest BCUT2D eigenvalue weighted by Gasteiger charge is -2.29. The van der Waals surface area contributed by atoms with E-state index >= 15 is 0 Å². The molecule has 0 aliphatic heterocycles. The molecular weight excluding hydrogens is 367 g/mol. The summed E-state index contributed by atoms with van der Waals surface area (Å²) < 4.78 is 14.0. The van der Waals surface area contributed by atoms with E-state index in [0.29, 0.717) is 10.6 Å². The molecule has 1 unspecified atom stereocenters. The molecule has 0 aliphatic rings. The minimum Gasteiger partial charge on any atom is -0.352 e. The Morgan fingerprint density at radius 2 is 1.81 bits per heavy atom. The summed E-state index contributed by atoms with van der Waals surface area (Å²) in [7, 11) is 0. The van der Waals surface area contributed by atoms with Gasteiger partial charge in [-0.3, -0.25) is 9.59 Å². The van der Waals surface area contributed by atoms with Crippen LogP contribution in [0.5, 0.6) is 0 Å². The standard InChI is InChI=1S/C21H24ClFN2O2/c1-14(2)24-21(27)15(3)25(13-16-7-6-9-18(22)11-16)20(26)12-17-8-4-5-10-19(17)23/h4-11,14-15H,12-13H2,1-3H3,(H,24,27). The Hall–Kier alpha value is -2.40. The molecular formula is C21H24ClFN2O2.